The van der Waals surface area contributed by atoms with E-state index in [1.54, 1.807) is 23.5 Å². The van der Waals surface area contributed by atoms with Crippen molar-refractivity contribution in [3.8, 4) is 0 Å². The minimum Gasteiger partial charge on any atom is -0.328 e. The topological polar surface area (TPSA) is 63.2 Å². The average Bonchev–Trinajstić information content (AvgIpc) is 2.48. The van der Waals surface area contributed by atoms with Crippen molar-refractivity contribution in [3.05, 3.63) is 30.1 Å². The van der Waals surface area contributed by atoms with Gasteiger partial charge in [0.2, 0.25) is 5.91 Å². The Hall–Kier alpha value is -1.79. The van der Waals surface area contributed by atoms with E-state index in [0.717, 1.165) is 25.2 Å². The highest BCUT2D eigenvalue weighted by Crippen LogP contribution is 1.90. The summed E-state index contributed by atoms with van der Waals surface area (Å²) in [5, 5.41) is 3.95. The molecule has 0 radical (unpaired) electrons. The van der Waals surface area contributed by atoms with Crippen molar-refractivity contribution in [2.75, 3.05) is 39.8 Å². The molecule has 1 aliphatic rings. The van der Waals surface area contributed by atoms with Gasteiger partial charge in [-0.3, -0.25) is 9.78 Å². The molecule has 1 saturated heterocycles. The van der Waals surface area contributed by atoms with Crippen molar-refractivity contribution in [3.63, 3.8) is 0 Å². The highest BCUT2D eigenvalue weighted by Gasteiger charge is 2.20. The Morgan fingerprint density at radius 3 is 2.75 bits per heavy atom. The predicted molar refractivity (Wildman–Crippen MR) is 76.8 cm³/mol. The number of piperazine rings is 1. The van der Waals surface area contributed by atoms with Crippen LogP contribution in [0.2, 0.25) is 0 Å². The van der Waals surface area contributed by atoms with Gasteiger partial charge >= 0.3 is 0 Å². The Morgan fingerprint density at radius 1 is 1.35 bits per heavy atom. The van der Waals surface area contributed by atoms with Crippen LogP contribution in [0.5, 0.6) is 0 Å². The highest BCUT2D eigenvalue weighted by molar-refractivity contribution is 5.82. The summed E-state index contributed by atoms with van der Waals surface area (Å²) in [7, 11) is 2.22. The first-order valence-electron chi connectivity index (χ1n) is 7.11. The first-order chi connectivity index (χ1) is 9.74. The third-order valence-electron chi connectivity index (χ3n) is 3.63. The lowest BCUT2D eigenvalue weighted by Crippen LogP contribution is -3.27. The number of hydrazone groups is 1. The van der Waals surface area contributed by atoms with E-state index < -0.39 is 0 Å². The summed E-state index contributed by atoms with van der Waals surface area (Å²) in [6.45, 7) is 5.58. The lowest BCUT2D eigenvalue weighted by molar-refractivity contribution is -1.00. The van der Waals surface area contributed by atoms with Gasteiger partial charge in [0, 0.05) is 12.4 Å². The largest absolute Gasteiger partial charge is 0.328 e. The highest BCUT2D eigenvalue weighted by atomic mass is 16.2. The molecule has 2 rings (SSSR count). The van der Waals surface area contributed by atoms with Crippen LogP contribution in [0.1, 0.15) is 12.0 Å². The van der Waals surface area contributed by atoms with Crippen molar-refractivity contribution < 1.29 is 14.6 Å². The molecule has 1 fully saturated rings. The number of hydrogen-bond donors (Lipinski definition) is 3. The van der Waals surface area contributed by atoms with E-state index in [-0.39, 0.29) is 5.91 Å². The monoisotopic (exact) mass is 277 g/mol. The molecule has 0 atom stereocenters. The fraction of sp³-hybridized carbons (Fsp3) is 0.500. The first-order valence-corrected chi connectivity index (χ1v) is 7.11. The molecule has 1 aromatic rings. The number of rotatable bonds is 5. The van der Waals surface area contributed by atoms with Gasteiger partial charge in [-0.25, -0.2) is 5.43 Å². The number of pyridine rings is 1. The van der Waals surface area contributed by atoms with E-state index in [0.29, 0.717) is 6.42 Å². The van der Waals surface area contributed by atoms with E-state index in [4.69, 9.17) is 0 Å². The number of aromatic nitrogens is 1. The summed E-state index contributed by atoms with van der Waals surface area (Å²) in [5.74, 6) is -0.0194. The van der Waals surface area contributed by atoms with Crippen molar-refractivity contribution in [2.45, 2.75) is 6.42 Å². The zero-order chi connectivity index (χ0) is 14.2. The summed E-state index contributed by atoms with van der Waals surface area (Å²) in [5.41, 5.74) is 3.50. The van der Waals surface area contributed by atoms with Crippen LogP contribution in [0.15, 0.2) is 29.6 Å². The van der Waals surface area contributed by atoms with Crippen molar-refractivity contribution in [1.82, 2.24) is 10.4 Å². The predicted octanol–water partition coefficient (Wildman–Crippen LogP) is -2.66. The van der Waals surface area contributed by atoms with Crippen LogP contribution in [0.4, 0.5) is 0 Å². The molecule has 0 aliphatic carbocycles. The number of quaternary nitrogens is 2. The molecule has 1 aliphatic heterocycles. The van der Waals surface area contributed by atoms with Crippen LogP contribution in [-0.2, 0) is 4.79 Å². The molecule has 6 nitrogen and oxygen atoms in total. The van der Waals surface area contributed by atoms with Gasteiger partial charge in [0.25, 0.3) is 0 Å². The van der Waals surface area contributed by atoms with Gasteiger partial charge in [-0.1, -0.05) is 0 Å². The molecule has 0 saturated carbocycles. The van der Waals surface area contributed by atoms with Crippen LogP contribution in [0.25, 0.3) is 0 Å². The maximum atomic E-state index is 11.7. The molecule has 0 unspecified atom stereocenters. The number of nitrogens with one attached hydrogen (secondary N) is 3. The van der Waals surface area contributed by atoms with Crippen molar-refractivity contribution in [2.24, 2.45) is 5.10 Å². The van der Waals surface area contributed by atoms with Crippen LogP contribution in [0, 0.1) is 0 Å². The Labute approximate surface area is 119 Å². The molecule has 0 aromatic carbocycles. The Morgan fingerprint density at radius 2 is 2.05 bits per heavy atom. The van der Waals surface area contributed by atoms with Crippen LogP contribution in [0.3, 0.4) is 0 Å². The second-order valence-electron chi connectivity index (χ2n) is 5.28. The van der Waals surface area contributed by atoms with Gasteiger partial charge in [0.15, 0.2) is 0 Å². The third kappa shape index (κ3) is 5.07. The molecule has 3 N–H and O–H groups in total. The van der Waals surface area contributed by atoms with Gasteiger partial charge in [-0.05, 0) is 17.7 Å². The van der Waals surface area contributed by atoms with Gasteiger partial charge < -0.3 is 9.80 Å². The van der Waals surface area contributed by atoms with E-state index in [9.17, 15) is 4.79 Å². The first kappa shape index (κ1) is 14.6. The number of likely N-dealkylation sites (N-methyl/N-ethyl adjacent to an activating group) is 1. The smallest absolute Gasteiger partial charge is 0.245 e. The Bertz CT molecular complexity index is 440. The second kappa shape index (κ2) is 7.72. The molecule has 6 heteroatoms. The van der Waals surface area contributed by atoms with Crippen molar-refractivity contribution >= 4 is 12.1 Å². The van der Waals surface area contributed by atoms with E-state index in [1.807, 2.05) is 12.1 Å². The number of carbonyl (C=O) groups excluding carboxylic acids is 1. The minimum absolute atomic E-state index is 0.0194. The number of amides is 1. The van der Waals surface area contributed by atoms with Crippen molar-refractivity contribution in [1.29, 1.82) is 0 Å². The number of carbonyl (C=O) groups is 1. The van der Waals surface area contributed by atoms with Gasteiger partial charge in [-0.2, -0.15) is 5.10 Å². The zero-order valence-electron chi connectivity index (χ0n) is 11.9. The van der Waals surface area contributed by atoms with E-state index >= 15 is 0 Å². The maximum Gasteiger partial charge on any atom is 0.245 e. The molecule has 20 heavy (non-hydrogen) atoms. The Balaban J connectivity index is 1.64. The molecular formula is C14H23N5O+2. The summed E-state index contributed by atoms with van der Waals surface area (Å²) in [6.07, 6.45) is 5.55. The molecule has 0 bridgehead atoms. The minimum atomic E-state index is -0.0194. The van der Waals surface area contributed by atoms with Crippen LogP contribution >= 0.6 is 0 Å². The summed E-state index contributed by atoms with van der Waals surface area (Å²) in [4.78, 5) is 18.7. The zero-order valence-corrected chi connectivity index (χ0v) is 11.9. The molecule has 1 aromatic heterocycles. The normalized spacial score (nSPS) is 22.9. The fourth-order valence-electron chi connectivity index (χ4n) is 2.25. The molecule has 0 spiro atoms. The molecule has 108 valence electrons. The molecular weight excluding hydrogens is 254 g/mol. The second-order valence-corrected chi connectivity index (χ2v) is 5.28. The molecule has 2 heterocycles. The average molecular weight is 277 g/mol. The van der Waals surface area contributed by atoms with E-state index in [2.05, 4.69) is 22.6 Å². The summed E-state index contributed by atoms with van der Waals surface area (Å²) in [6, 6.07) is 3.68. The fourth-order valence-corrected chi connectivity index (χ4v) is 2.25. The number of hydrogen-bond acceptors (Lipinski definition) is 3. The standard InChI is InChI=1S/C14H21N5O/c1-18-8-10-19(11-9-18)7-4-14(20)17-16-12-13-2-5-15-6-3-13/h2-3,5-6,12H,4,7-11H2,1H3,(H,17,20)/p+2/b16-12-. The third-order valence-corrected chi connectivity index (χ3v) is 3.63. The van der Waals surface area contributed by atoms with E-state index in [1.165, 1.54) is 18.0 Å². The lowest BCUT2D eigenvalue weighted by Gasteiger charge is -2.26. The Kier molecular flexibility index (Phi) is 5.64. The molecule has 1 amide bonds. The van der Waals surface area contributed by atoms with Gasteiger partial charge in [-0.15, -0.1) is 0 Å². The summed E-state index contributed by atoms with van der Waals surface area (Å²) < 4.78 is 0. The maximum absolute atomic E-state index is 11.7. The number of nitrogens with zero attached hydrogens (tertiary/aromatic N) is 2. The quantitative estimate of drug-likeness (QED) is 0.406. The summed E-state index contributed by atoms with van der Waals surface area (Å²) >= 11 is 0. The lowest BCUT2D eigenvalue weighted by atomic mass is 10.3. The van der Waals surface area contributed by atoms with Crippen LogP contribution in [-0.4, -0.2) is 56.9 Å². The van der Waals surface area contributed by atoms with Crippen LogP contribution < -0.4 is 15.2 Å². The SMILES string of the molecule is C[NH+]1CC[NH+](CCC(=O)N/N=C\c2ccncc2)CC1. The van der Waals surface area contributed by atoms with Gasteiger partial charge in [0.05, 0.1) is 26.2 Å². The van der Waals surface area contributed by atoms with Gasteiger partial charge in [0.1, 0.15) is 26.2 Å².